The van der Waals surface area contributed by atoms with Crippen LogP contribution < -0.4 is 0 Å². The SMILES string of the molecule is O=S(=O)(O)O.[NaH].[Zr]. The van der Waals surface area contributed by atoms with Gasteiger partial charge in [-0.25, -0.2) is 0 Å². The molecule has 0 aromatic carbocycles. The molecule has 7 heavy (non-hydrogen) atoms. The van der Waals surface area contributed by atoms with Gasteiger partial charge in [0.1, 0.15) is 0 Å². The Kier molecular flexibility index (Phi) is 13.4. The standard InChI is InChI=1S/Na.H2O4S.Zr.H/c;1-5(2,3)4;;/h;(H2,1,2,3,4);;. The molecule has 0 saturated heterocycles. The summed E-state index contributed by atoms with van der Waals surface area (Å²) < 4.78 is 31.6. The minimum absolute atomic E-state index is 0. The second kappa shape index (κ2) is 5.88. The molecule has 0 unspecified atom stereocenters. The molecule has 2 N–H and O–H groups in total. The van der Waals surface area contributed by atoms with E-state index in [1.807, 2.05) is 0 Å². The molecule has 0 amide bonds. The van der Waals surface area contributed by atoms with Crippen LogP contribution in [0.5, 0.6) is 0 Å². The van der Waals surface area contributed by atoms with Crippen LogP contribution in [0.1, 0.15) is 0 Å². The Morgan fingerprint density at radius 2 is 1.14 bits per heavy atom. The monoisotopic (exact) mass is 212 g/mol. The van der Waals surface area contributed by atoms with Crippen LogP contribution in [0.15, 0.2) is 0 Å². The third kappa shape index (κ3) is 83.5. The van der Waals surface area contributed by atoms with E-state index < -0.39 is 10.4 Å². The normalized spacial score (nSPS) is 8.29. The summed E-state index contributed by atoms with van der Waals surface area (Å²) in [5, 5.41) is 0. The van der Waals surface area contributed by atoms with Crippen molar-refractivity contribution in [2.45, 2.75) is 0 Å². The predicted molar refractivity (Wildman–Crippen MR) is 21.3 cm³/mol. The third-order valence-corrected chi connectivity index (χ3v) is 0. The van der Waals surface area contributed by atoms with E-state index in [9.17, 15) is 0 Å². The van der Waals surface area contributed by atoms with Crippen molar-refractivity contribution in [1.29, 1.82) is 0 Å². The molecule has 0 aliphatic rings. The van der Waals surface area contributed by atoms with Crippen LogP contribution in [0.4, 0.5) is 0 Å². The van der Waals surface area contributed by atoms with Crippen molar-refractivity contribution >= 4 is 40.0 Å². The van der Waals surface area contributed by atoms with Crippen molar-refractivity contribution in [1.82, 2.24) is 0 Å². The summed E-state index contributed by atoms with van der Waals surface area (Å²) in [5.41, 5.74) is 0. The van der Waals surface area contributed by atoms with Crippen LogP contribution in [0.2, 0.25) is 0 Å². The first-order valence-electron chi connectivity index (χ1n) is 0.698. The number of hydrogen-bond acceptors (Lipinski definition) is 2. The van der Waals surface area contributed by atoms with Gasteiger partial charge < -0.3 is 0 Å². The van der Waals surface area contributed by atoms with Crippen LogP contribution in [-0.2, 0) is 36.6 Å². The van der Waals surface area contributed by atoms with Gasteiger partial charge in [0.15, 0.2) is 0 Å². The summed E-state index contributed by atoms with van der Waals surface area (Å²) in [6.07, 6.45) is 0. The van der Waals surface area contributed by atoms with Crippen LogP contribution in [0, 0.1) is 0 Å². The molecule has 7 heteroatoms. The number of hydrogen-bond donors (Lipinski definition) is 2. The Bertz CT molecular complexity index is 94.9. The Morgan fingerprint density at radius 1 is 1.14 bits per heavy atom. The van der Waals surface area contributed by atoms with Gasteiger partial charge in [-0.3, -0.25) is 9.11 Å². The minimum atomic E-state index is -4.67. The van der Waals surface area contributed by atoms with Gasteiger partial charge in [-0.05, 0) is 0 Å². The van der Waals surface area contributed by atoms with E-state index in [4.69, 9.17) is 17.5 Å². The van der Waals surface area contributed by atoms with Crippen molar-refractivity contribution < 1.29 is 43.7 Å². The Labute approximate surface area is 82.7 Å². The van der Waals surface area contributed by atoms with Crippen molar-refractivity contribution in [3.05, 3.63) is 0 Å². The molecule has 0 aromatic rings. The van der Waals surface area contributed by atoms with E-state index >= 15 is 0 Å². The molecule has 0 rings (SSSR count). The molecule has 0 aliphatic carbocycles. The Morgan fingerprint density at radius 3 is 1.14 bits per heavy atom. The third-order valence-electron chi connectivity index (χ3n) is 0. The molecular weight excluding hydrogens is 210 g/mol. The molecule has 0 saturated carbocycles. The molecule has 0 atom stereocenters. The van der Waals surface area contributed by atoms with Gasteiger partial charge >= 0.3 is 40.0 Å². The molecule has 0 heterocycles. The van der Waals surface area contributed by atoms with Crippen LogP contribution in [0.25, 0.3) is 0 Å². The molecule has 0 aliphatic heterocycles. The first-order chi connectivity index (χ1) is 2.00. The molecular formula is H3NaO4SZr. The summed E-state index contributed by atoms with van der Waals surface area (Å²) in [4.78, 5) is 0. The maximum Gasteiger partial charge on any atom is 0 e. The fourth-order valence-electron chi connectivity index (χ4n) is 0. The van der Waals surface area contributed by atoms with E-state index in [-0.39, 0.29) is 55.8 Å². The average molecular weight is 213 g/mol. The Hall–Kier alpha value is 1.75. The van der Waals surface area contributed by atoms with Crippen molar-refractivity contribution in [2.75, 3.05) is 0 Å². The zero-order chi connectivity index (χ0) is 4.50. The molecule has 0 radical (unpaired) electrons. The van der Waals surface area contributed by atoms with E-state index in [0.29, 0.717) is 0 Å². The van der Waals surface area contributed by atoms with Crippen molar-refractivity contribution in [3.63, 3.8) is 0 Å². The van der Waals surface area contributed by atoms with Gasteiger partial charge in [-0.2, -0.15) is 8.42 Å². The quantitative estimate of drug-likeness (QED) is 0.387. The zero-order valence-electron chi connectivity index (χ0n) is 2.62. The van der Waals surface area contributed by atoms with Gasteiger partial charge in [0.05, 0.1) is 0 Å². The molecule has 0 fully saturated rings. The number of rotatable bonds is 0. The van der Waals surface area contributed by atoms with Gasteiger partial charge in [0, 0.05) is 26.2 Å². The molecule has 4 nitrogen and oxygen atoms in total. The van der Waals surface area contributed by atoms with Crippen LogP contribution >= 0.6 is 0 Å². The second-order valence-electron chi connectivity index (χ2n) is 0.448. The van der Waals surface area contributed by atoms with Crippen LogP contribution in [-0.4, -0.2) is 47.1 Å². The Balaban J connectivity index is -0.0000000800. The smallest absolute Gasteiger partial charge is 0 e. The van der Waals surface area contributed by atoms with Gasteiger partial charge in [-0.15, -0.1) is 0 Å². The summed E-state index contributed by atoms with van der Waals surface area (Å²) in [5.74, 6) is 0. The minimum Gasteiger partial charge on any atom is 0 e. The summed E-state index contributed by atoms with van der Waals surface area (Å²) in [6, 6.07) is 0. The van der Waals surface area contributed by atoms with E-state index in [2.05, 4.69) is 0 Å². The second-order valence-corrected chi connectivity index (χ2v) is 1.34. The van der Waals surface area contributed by atoms with Crippen molar-refractivity contribution in [2.24, 2.45) is 0 Å². The van der Waals surface area contributed by atoms with E-state index in [1.165, 1.54) is 0 Å². The van der Waals surface area contributed by atoms with Crippen LogP contribution in [0.3, 0.4) is 0 Å². The summed E-state index contributed by atoms with van der Waals surface area (Å²) in [7, 11) is -4.67. The van der Waals surface area contributed by atoms with E-state index in [1.54, 1.807) is 0 Å². The van der Waals surface area contributed by atoms with E-state index in [0.717, 1.165) is 0 Å². The molecule has 0 spiro atoms. The van der Waals surface area contributed by atoms with Crippen molar-refractivity contribution in [3.8, 4) is 0 Å². The fourth-order valence-corrected chi connectivity index (χ4v) is 0. The molecule has 0 bridgehead atoms. The summed E-state index contributed by atoms with van der Waals surface area (Å²) in [6.45, 7) is 0. The first kappa shape index (κ1) is 15.9. The first-order valence-corrected chi connectivity index (χ1v) is 2.10. The topological polar surface area (TPSA) is 74.6 Å². The van der Waals surface area contributed by atoms with Gasteiger partial charge in [0.25, 0.3) is 0 Å². The van der Waals surface area contributed by atoms with Gasteiger partial charge in [0.2, 0.25) is 0 Å². The summed E-state index contributed by atoms with van der Waals surface area (Å²) >= 11 is 0. The predicted octanol–water partition coefficient (Wildman–Crippen LogP) is -1.30. The maximum atomic E-state index is 8.74. The largest absolute Gasteiger partial charge is 0 e. The fraction of sp³-hybridized carbons (Fsp3) is 0. The maximum absolute atomic E-state index is 8.74. The average Bonchev–Trinajstić information content (AvgIpc) is 0.722. The zero-order valence-corrected chi connectivity index (χ0v) is 5.89. The molecule has 0 aromatic heterocycles. The van der Waals surface area contributed by atoms with Gasteiger partial charge in [-0.1, -0.05) is 0 Å². The molecule has 38 valence electrons.